The lowest BCUT2D eigenvalue weighted by atomic mass is 9.82. The molecule has 0 aliphatic carbocycles. The number of aryl methyl sites for hydroxylation is 1. The number of rotatable bonds is 6. The number of aromatic hydroxyl groups is 1. The van der Waals surface area contributed by atoms with E-state index in [0.29, 0.717) is 22.9 Å². The summed E-state index contributed by atoms with van der Waals surface area (Å²) in [5.74, 6) is 2.45. The lowest BCUT2D eigenvalue weighted by Crippen LogP contribution is -2.27. The first kappa shape index (κ1) is 26.5. The van der Waals surface area contributed by atoms with Gasteiger partial charge in [-0.05, 0) is 41.5 Å². The number of phenols is 1. The van der Waals surface area contributed by atoms with Crippen LogP contribution in [0.15, 0.2) is 28.7 Å². The van der Waals surface area contributed by atoms with E-state index in [-0.39, 0.29) is 28.5 Å². The Kier molecular flexibility index (Phi) is 7.22. The number of nitrogens with one attached hydrogen (secondary N) is 1. The van der Waals surface area contributed by atoms with Crippen LogP contribution >= 0.6 is 11.7 Å². The molecular formula is C26H37N5O3S. The van der Waals surface area contributed by atoms with E-state index in [1.165, 1.54) is 4.90 Å². The van der Waals surface area contributed by atoms with E-state index in [4.69, 9.17) is 4.42 Å². The lowest BCUT2D eigenvalue weighted by molar-refractivity contribution is 0.0822. The van der Waals surface area contributed by atoms with E-state index in [2.05, 4.69) is 34.8 Å². The van der Waals surface area contributed by atoms with Gasteiger partial charge in [0.05, 0.1) is 29.0 Å². The molecule has 2 aromatic heterocycles. The quantitative estimate of drug-likeness (QED) is 0.422. The molecule has 0 radical (unpaired) electrons. The molecule has 0 saturated heterocycles. The van der Waals surface area contributed by atoms with Gasteiger partial charge in [-0.25, -0.2) is 0 Å². The number of phenolic OH excluding ortho intramolecular Hbond substituents is 1. The summed E-state index contributed by atoms with van der Waals surface area (Å²) in [5, 5.41) is 14.8. The number of amides is 1. The summed E-state index contributed by atoms with van der Waals surface area (Å²) in [6.45, 7) is 14.4. The fourth-order valence-electron chi connectivity index (χ4n) is 3.98. The van der Waals surface area contributed by atoms with Gasteiger partial charge < -0.3 is 24.6 Å². The number of carbonyl (C=O) groups excluding carboxylic acids is 1. The minimum absolute atomic E-state index is 0.0772. The molecule has 2 N–H and O–H groups in total. The number of anilines is 3. The van der Waals surface area contributed by atoms with Gasteiger partial charge in [0.25, 0.3) is 5.91 Å². The maximum atomic E-state index is 13.1. The molecule has 190 valence electrons. The number of nitrogens with zero attached hydrogens (tertiary/aromatic N) is 4. The number of benzene rings is 1. The second kappa shape index (κ2) is 9.53. The Balaban J connectivity index is 2.06. The zero-order valence-corrected chi connectivity index (χ0v) is 23.2. The van der Waals surface area contributed by atoms with Crippen LogP contribution in [0, 0.1) is 12.3 Å². The van der Waals surface area contributed by atoms with E-state index >= 15 is 0 Å². The van der Waals surface area contributed by atoms with E-state index in [1.54, 1.807) is 26.0 Å². The molecule has 0 bridgehead atoms. The van der Waals surface area contributed by atoms with Crippen LogP contribution in [0.4, 0.5) is 17.3 Å². The van der Waals surface area contributed by atoms with E-state index in [1.807, 2.05) is 52.0 Å². The lowest BCUT2D eigenvalue weighted by Gasteiger charge is -2.31. The van der Waals surface area contributed by atoms with Crippen LogP contribution in [-0.2, 0) is 5.41 Å². The van der Waals surface area contributed by atoms with Gasteiger partial charge in [-0.2, -0.15) is 8.75 Å². The molecule has 2 heterocycles. The second-order valence-electron chi connectivity index (χ2n) is 11.2. The summed E-state index contributed by atoms with van der Waals surface area (Å²) >= 11 is 1.08. The molecule has 8 nitrogen and oxygen atoms in total. The number of hydrogen-bond donors (Lipinski definition) is 2. The molecule has 3 rings (SSSR count). The molecule has 0 aliphatic heterocycles. The molecule has 0 spiro atoms. The van der Waals surface area contributed by atoms with E-state index in [9.17, 15) is 9.90 Å². The minimum atomic E-state index is -0.328. The molecule has 0 fully saturated rings. The Hall–Kier alpha value is -3.07. The zero-order chi connectivity index (χ0) is 26.3. The van der Waals surface area contributed by atoms with Gasteiger partial charge in [-0.3, -0.25) is 4.79 Å². The number of aromatic nitrogens is 2. The highest BCUT2D eigenvalue weighted by Gasteiger charge is 2.33. The summed E-state index contributed by atoms with van der Waals surface area (Å²) in [7, 11) is 5.17. The third-order valence-corrected chi connectivity index (χ3v) is 6.45. The fraction of sp³-hybridized carbons (Fsp3) is 0.500. The van der Waals surface area contributed by atoms with Gasteiger partial charge in [-0.1, -0.05) is 47.6 Å². The highest BCUT2D eigenvalue weighted by molar-refractivity contribution is 6.99. The summed E-state index contributed by atoms with van der Waals surface area (Å²) in [6.07, 6.45) is 0. The Morgan fingerprint density at radius 2 is 1.71 bits per heavy atom. The molecule has 3 aromatic rings. The average Bonchev–Trinajstić information content (AvgIpc) is 3.37. The highest BCUT2D eigenvalue weighted by atomic mass is 32.1. The van der Waals surface area contributed by atoms with Gasteiger partial charge >= 0.3 is 0 Å². The normalized spacial score (nSPS) is 13.0. The highest BCUT2D eigenvalue weighted by Crippen LogP contribution is 2.43. The average molecular weight is 500 g/mol. The van der Waals surface area contributed by atoms with Crippen LogP contribution in [0.1, 0.15) is 75.0 Å². The Labute approximate surface area is 212 Å². The van der Waals surface area contributed by atoms with Crippen LogP contribution in [0.2, 0.25) is 0 Å². The first-order valence-corrected chi connectivity index (χ1v) is 12.3. The number of carbonyl (C=O) groups is 1. The van der Waals surface area contributed by atoms with Crippen molar-refractivity contribution in [2.75, 3.05) is 31.4 Å². The second-order valence-corrected chi connectivity index (χ2v) is 11.7. The Morgan fingerprint density at radius 1 is 1.06 bits per heavy atom. The maximum absolute atomic E-state index is 13.1. The molecule has 0 unspecified atom stereocenters. The molecule has 9 heteroatoms. The van der Waals surface area contributed by atoms with Crippen LogP contribution in [0.25, 0.3) is 0 Å². The van der Waals surface area contributed by atoms with Crippen molar-refractivity contribution in [2.24, 2.45) is 5.41 Å². The number of furan rings is 1. The molecule has 1 aromatic carbocycles. The SMILES string of the molecule is Cc1ccc([C@H](Nc2nsnc2N(C)c2ccc(C(C)(C)C)c(C(=O)N(C)C)c2O)C(C)(C)C)o1. The van der Waals surface area contributed by atoms with Gasteiger partial charge in [-0.15, -0.1) is 0 Å². The first-order valence-electron chi connectivity index (χ1n) is 11.6. The first-order chi connectivity index (χ1) is 16.1. The monoisotopic (exact) mass is 499 g/mol. The van der Waals surface area contributed by atoms with Crippen LogP contribution in [0.3, 0.4) is 0 Å². The van der Waals surface area contributed by atoms with Crippen molar-refractivity contribution in [2.45, 2.75) is 59.9 Å². The topological polar surface area (TPSA) is 94.7 Å². The van der Waals surface area contributed by atoms with Crippen molar-refractivity contribution in [1.82, 2.24) is 13.6 Å². The Bertz CT molecular complexity index is 1200. The van der Waals surface area contributed by atoms with Gasteiger partial charge in [0.15, 0.2) is 17.4 Å². The van der Waals surface area contributed by atoms with Crippen LogP contribution in [0.5, 0.6) is 5.75 Å². The molecule has 1 amide bonds. The van der Waals surface area contributed by atoms with Crippen molar-refractivity contribution >= 4 is 35.0 Å². The zero-order valence-electron chi connectivity index (χ0n) is 22.3. The largest absolute Gasteiger partial charge is 0.505 e. The van der Waals surface area contributed by atoms with Gasteiger partial charge in [0.1, 0.15) is 11.5 Å². The van der Waals surface area contributed by atoms with Gasteiger partial charge in [0.2, 0.25) is 0 Å². The Morgan fingerprint density at radius 3 is 2.23 bits per heavy atom. The predicted octanol–water partition coefficient (Wildman–Crippen LogP) is 6.11. The molecular weight excluding hydrogens is 462 g/mol. The van der Waals surface area contributed by atoms with Crippen LogP contribution in [-0.4, -0.2) is 45.8 Å². The smallest absolute Gasteiger partial charge is 0.257 e. The summed E-state index contributed by atoms with van der Waals surface area (Å²) in [6, 6.07) is 7.48. The molecule has 0 saturated carbocycles. The van der Waals surface area contributed by atoms with Crippen molar-refractivity contribution in [1.29, 1.82) is 0 Å². The van der Waals surface area contributed by atoms with E-state index < -0.39 is 0 Å². The standard InChI is InChI=1S/C26H37N5O3S/c1-15-11-14-18(34-15)21(26(5,6)7)27-22-23(29-35-28-22)31(10)17-13-12-16(25(2,3)4)19(20(17)32)24(33)30(8)9/h11-14,21,32H,1-10H3,(H,27,28)/t21-/m0/s1. The van der Waals surface area contributed by atoms with Crippen molar-refractivity contribution in [3.63, 3.8) is 0 Å². The van der Waals surface area contributed by atoms with Crippen molar-refractivity contribution < 1.29 is 14.3 Å². The molecule has 35 heavy (non-hydrogen) atoms. The summed E-state index contributed by atoms with van der Waals surface area (Å²) in [5.41, 5.74) is 1.04. The minimum Gasteiger partial charge on any atom is -0.505 e. The van der Waals surface area contributed by atoms with E-state index in [0.717, 1.165) is 28.8 Å². The summed E-state index contributed by atoms with van der Waals surface area (Å²) in [4.78, 5) is 16.3. The summed E-state index contributed by atoms with van der Waals surface area (Å²) < 4.78 is 14.9. The van der Waals surface area contributed by atoms with Crippen molar-refractivity contribution in [3.05, 3.63) is 46.9 Å². The van der Waals surface area contributed by atoms with Crippen molar-refractivity contribution in [3.8, 4) is 5.75 Å². The molecule has 0 aliphatic rings. The molecule has 1 atom stereocenters. The third-order valence-electron chi connectivity index (χ3n) is 5.93. The van der Waals surface area contributed by atoms with Gasteiger partial charge in [0, 0.05) is 21.1 Å². The third kappa shape index (κ3) is 5.45. The number of hydrogen-bond acceptors (Lipinski definition) is 8. The van der Waals surface area contributed by atoms with Crippen LogP contribution < -0.4 is 10.2 Å². The fourth-order valence-corrected chi connectivity index (χ4v) is 4.53. The predicted molar refractivity (Wildman–Crippen MR) is 142 cm³/mol. The maximum Gasteiger partial charge on any atom is 0.257 e.